The summed E-state index contributed by atoms with van der Waals surface area (Å²) in [6.45, 7) is 6.76. The zero-order valence-corrected chi connectivity index (χ0v) is 10.0. The summed E-state index contributed by atoms with van der Waals surface area (Å²) in [5, 5.41) is 11.8. The topological polar surface area (TPSA) is 58.6 Å². The van der Waals surface area contributed by atoms with Gasteiger partial charge in [-0.25, -0.2) is 0 Å². The average molecular weight is 217 g/mol. The fourth-order valence-electron chi connectivity index (χ4n) is 1.06. The number of rotatable bonds is 8. The highest BCUT2D eigenvalue weighted by atomic mass is 16.5. The van der Waals surface area contributed by atoms with Gasteiger partial charge < -0.3 is 15.2 Å². The molecule has 0 aromatic rings. The summed E-state index contributed by atoms with van der Waals surface area (Å²) in [6, 6.07) is 0. The summed E-state index contributed by atoms with van der Waals surface area (Å²) in [4.78, 5) is 11.2. The fraction of sp³-hybridized carbons (Fsp3) is 0.909. The van der Waals surface area contributed by atoms with Crippen LogP contribution in [0, 0.1) is 0 Å². The largest absolute Gasteiger partial charge is 0.465 e. The molecular formula is C11H23NO3. The van der Waals surface area contributed by atoms with Crippen LogP contribution in [-0.4, -0.2) is 36.4 Å². The number of carbonyl (C=O) groups excluding carboxylic acids is 1. The second kappa shape index (κ2) is 7.65. The van der Waals surface area contributed by atoms with Crippen molar-refractivity contribution in [1.82, 2.24) is 5.32 Å². The van der Waals surface area contributed by atoms with Crippen molar-refractivity contribution in [2.75, 3.05) is 19.8 Å². The normalized spacial score (nSPS) is 11.5. The molecular weight excluding hydrogens is 194 g/mol. The van der Waals surface area contributed by atoms with E-state index in [9.17, 15) is 4.79 Å². The van der Waals surface area contributed by atoms with Gasteiger partial charge in [-0.05, 0) is 26.7 Å². The third-order valence-corrected chi connectivity index (χ3v) is 2.21. The highest BCUT2D eigenvalue weighted by Crippen LogP contribution is 2.06. The molecule has 0 aliphatic carbocycles. The second-order valence-corrected chi connectivity index (χ2v) is 4.29. The molecule has 0 saturated carbocycles. The molecule has 0 aliphatic rings. The summed E-state index contributed by atoms with van der Waals surface area (Å²) < 4.78 is 4.99. The third kappa shape index (κ3) is 8.39. The lowest BCUT2D eigenvalue weighted by Gasteiger charge is -2.24. The van der Waals surface area contributed by atoms with Crippen molar-refractivity contribution in [2.24, 2.45) is 0 Å². The monoisotopic (exact) mass is 217 g/mol. The lowest BCUT2D eigenvalue weighted by molar-refractivity contribution is -0.143. The van der Waals surface area contributed by atoms with Crippen LogP contribution in [0.5, 0.6) is 0 Å². The van der Waals surface area contributed by atoms with Gasteiger partial charge >= 0.3 is 5.97 Å². The van der Waals surface area contributed by atoms with Gasteiger partial charge in [0.15, 0.2) is 0 Å². The van der Waals surface area contributed by atoms with E-state index in [-0.39, 0.29) is 24.7 Å². The Balaban J connectivity index is 3.60. The van der Waals surface area contributed by atoms with Crippen molar-refractivity contribution in [3.05, 3.63) is 0 Å². The standard InChI is InChI=1S/C11H23NO3/c1-4-5-8-15-10(14)9-12-11(2,3)6-7-13/h12-13H,4-9H2,1-3H3. The van der Waals surface area contributed by atoms with E-state index in [0.717, 1.165) is 12.8 Å². The molecule has 0 fully saturated rings. The summed E-state index contributed by atoms with van der Waals surface area (Å²) in [5.74, 6) is -0.227. The van der Waals surface area contributed by atoms with E-state index in [1.807, 2.05) is 13.8 Å². The van der Waals surface area contributed by atoms with Gasteiger partial charge in [-0.2, -0.15) is 0 Å². The van der Waals surface area contributed by atoms with E-state index in [2.05, 4.69) is 12.2 Å². The highest BCUT2D eigenvalue weighted by Gasteiger charge is 2.17. The minimum absolute atomic E-state index is 0.116. The first kappa shape index (κ1) is 14.4. The van der Waals surface area contributed by atoms with Gasteiger partial charge in [0.05, 0.1) is 13.2 Å². The van der Waals surface area contributed by atoms with Crippen LogP contribution < -0.4 is 5.32 Å². The Morgan fingerprint density at radius 3 is 2.67 bits per heavy atom. The molecule has 0 saturated heterocycles. The van der Waals surface area contributed by atoms with Gasteiger partial charge in [0, 0.05) is 12.1 Å². The maximum atomic E-state index is 11.2. The summed E-state index contributed by atoms with van der Waals surface area (Å²) in [5.41, 5.74) is -0.224. The molecule has 0 amide bonds. The molecule has 0 bridgehead atoms. The number of nitrogens with one attached hydrogen (secondary N) is 1. The first-order valence-electron chi connectivity index (χ1n) is 5.53. The Morgan fingerprint density at radius 1 is 1.47 bits per heavy atom. The van der Waals surface area contributed by atoms with Crippen LogP contribution in [0.3, 0.4) is 0 Å². The molecule has 0 aromatic carbocycles. The van der Waals surface area contributed by atoms with E-state index < -0.39 is 0 Å². The van der Waals surface area contributed by atoms with E-state index >= 15 is 0 Å². The van der Waals surface area contributed by atoms with Gasteiger partial charge in [-0.3, -0.25) is 4.79 Å². The number of carbonyl (C=O) groups is 1. The van der Waals surface area contributed by atoms with E-state index in [0.29, 0.717) is 13.0 Å². The van der Waals surface area contributed by atoms with Crippen molar-refractivity contribution in [3.63, 3.8) is 0 Å². The van der Waals surface area contributed by atoms with Crippen molar-refractivity contribution in [3.8, 4) is 0 Å². The molecule has 15 heavy (non-hydrogen) atoms. The SMILES string of the molecule is CCCCOC(=O)CNC(C)(C)CCO. The molecule has 2 N–H and O–H groups in total. The number of esters is 1. The molecule has 0 rings (SSSR count). The first-order chi connectivity index (χ1) is 7.02. The van der Waals surface area contributed by atoms with Crippen LogP contribution in [0.1, 0.15) is 40.0 Å². The summed E-state index contributed by atoms with van der Waals surface area (Å²) in [6.07, 6.45) is 2.55. The van der Waals surface area contributed by atoms with E-state index in [4.69, 9.17) is 9.84 Å². The number of hydrogen-bond donors (Lipinski definition) is 2. The lowest BCUT2D eigenvalue weighted by Crippen LogP contribution is -2.43. The molecule has 0 aromatic heterocycles. The average Bonchev–Trinajstić information content (AvgIpc) is 2.15. The Kier molecular flexibility index (Phi) is 7.34. The molecule has 4 nitrogen and oxygen atoms in total. The molecule has 0 heterocycles. The maximum Gasteiger partial charge on any atom is 0.319 e. The predicted molar refractivity (Wildman–Crippen MR) is 59.7 cm³/mol. The summed E-state index contributed by atoms with van der Waals surface area (Å²) in [7, 11) is 0. The molecule has 0 spiro atoms. The number of aliphatic hydroxyl groups excluding tert-OH is 1. The summed E-state index contributed by atoms with van der Waals surface area (Å²) >= 11 is 0. The predicted octanol–water partition coefficient (Wildman–Crippen LogP) is 1.08. The Morgan fingerprint density at radius 2 is 2.13 bits per heavy atom. The maximum absolute atomic E-state index is 11.2. The molecule has 0 atom stereocenters. The van der Waals surface area contributed by atoms with Crippen LogP contribution >= 0.6 is 0 Å². The Labute approximate surface area is 92.0 Å². The number of aliphatic hydroxyl groups is 1. The Hall–Kier alpha value is -0.610. The minimum atomic E-state index is -0.227. The van der Waals surface area contributed by atoms with Crippen molar-refractivity contribution < 1.29 is 14.6 Å². The first-order valence-corrected chi connectivity index (χ1v) is 5.53. The molecule has 0 aliphatic heterocycles. The van der Waals surface area contributed by atoms with Gasteiger partial charge in [-0.15, -0.1) is 0 Å². The molecule has 0 radical (unpaired) electrons. The number of hydrogen-bond acceptors (Lipinski definition) is 4. The van der Waals surface area contributed by atoms with Crippen LogP contribution in [0.25, 0.3) is 0 Å². The zero-order chi connectivity index (χ0) is 11.7. The smallest absolute Gasteiger partial charge is 0.319 e. The highest BCUT2D eigenvalue weighted by molar-refractivity contribution is 5.71. The van der Waals surface area contributed by atoms with Crippen LogP contribution in [0.2, 0.25) is 0 Å². The second-order valence-electron chi connectivity index (χ2n) is 4.29. The zero-order valence-electron chi connectivity index (χ0n) is 10.0. The van der Waals surface area contributed by atoms with Gasteiger partial charge in [0.25, 0.3) is 0 Å². The van der Waals surface area contributed by atoms with Gasteiger partial charge in [0.1, 0.15) is 0 Å². The molecule has 0 unspecified atom stereocenters. The quantitative estimate of drug-likeness (QED) is 0.472. The van der Waals surface area contributed by atoms with E-state index in [1.165, 1.54) is 0 Å². The van der Waals surface area contributed by atoms with Gasteiger partial charge in [0.2, 0.25) is 0 Å². The number of ether oxygens (including phenoxy) is 1. The van der Waals surface area contributed by atoms with Crippen molar-refractivity contribution >= 4 is 5.97 Å². The third-order valence-electron chi connectivity index (χ3n) is 2.21. The number of unbranched alkanes of at least 4 members (excludes halogenated alkanes) is 1. The minimum Gasteiger partial charge on any atom is -0.465 e. The van der Waals surface area contributed by atoms with Crippen molar-refractivity contribution in [1.29, 1.82) is 0 Å². The lowest BCUT2D eigenvalue weighted by atomic mass is 10.0. The molecule has 4 heteroatoms. The fourth-order valence-corrected chi connectivity index (χ4v) is 1.06. The van der Waals surface area contributed by atoms with E-state index in [1.54, 1.807) is 0 Å². The molecule has 90 valence electrons. The van der Waals surface area contributed by atoms with Crippen molar-refractivity contribution in [2.45, 2.75) is 45.6 Å². The van der Waals surface area contributed by atoms with Gasteiger partial charge in [-0.1, -0.05) is 13.3 Å². The Bertz CT molecular complexity index is 181. The van der Waals surface area contributed by atoms with Crippen LogP contribution in [0.4, 0.5) is 0 Å². The van der Waals surface area contributed by atoms with Crippen LogP contribution in [0.15, 0.2) is 0 Å². The van der Waals surface area contributed by atoms with Crippen LogP contribution in [-0.2, 0) is 9.53 Å².